The van der Waals surface area contributed by atoms with Gasteiger partial charge in [0.1, 0.15) is 17.7 Å². The Morgan fingerprint density at radius 2 is 1.90 bits per heavy atom. The molecule has 114 valence electrons. The second kappa shape index (κ2) is 6.24. The predicted molar refractivity (Wildman–Crippen MR) is 73.9 cm³/mol. The van der Waals surface area contributed by atoms with E-state index in [1.54, 1.807) is 27.7 Å². The zero-order valence-electron chi connectivity index (χ0n) is 12.9. The number of carbonyl (C=O) groups is 3. The van der Waals surface area contributed by atoms with Crippen LogP contribution in [0.4, 0.5) is 0 Å². The van der Waals surface area contributed by atoms with Crippen molar-refractivity contribution in [3.63, 3.8) is 0 Å². The van der Waals surface area contributed by atoms with Crippen LogP contribution in [0.1, 0.15) is 47.5 Å². The van der Waals surface area contributed by atoms with E-state index in [0.717, 1.165) is 6.42 Å². The molecule has 20 heavy (non-hydrogen) atoms. The van der Waals surface area contributed by atoms with Gasteiger partial charge in [0, 0.05) is 13.5 Å². The second-order valence-electron chi connectivity index (χ2n) is 6.15. The van der Waals surface area contributed by atoms with Gasteiger partial charge in [0.15, 0.2) is 0 Å². The molecule has 0 bridgehead atoms. The Labute approximate surface area is 119 Å². The van der Waals surface area contributed by atoms with Crippen LogP contribution in [0.2, 0.25) is 0 Å². The van der Waals surface area contributed by atoms with Gasteiger partial charge in [-0.2, -0.15) is 0 Å². The van der Waals surface area contributed by atoms with Crippen molar-refractivity contribution in [1.29, 1.82) is 0 Å². The summed E-state index contributed by atoms with van der Waals surface area (Å²) in [5.41, 5.74) is -0.572. The molecule has 1 aliphatic heterocycles. The fourth-order valence-corrected chi connectivity index (χ4v) is 2.26. The molecule has 0 aromatic carbocycles. The number of nitrogens with one attached hydrogen (secondary N) is 1. The van der Waals surface area contributed by atoms with Crippen molar-refractivity contribution >= 4 is 17.8 Å². The Hall–Kier alpha value is -1.59. The summed E-state index contributed by atoms with van der Waals surface area (Å²) in [6.07, 6.45) is 1.37. The molecular weight excluding hydrogens is 260 g/mol. The van der Waals surface area contributed by atoms with E-state index in [2.05, 4.69) is 5.32 Å². The average molecular weight is 284 g/mol. The first-order valence-corrected chi connectivity index (χ1v) is 6.92. The monoisotopic (exact) mass is 284 g/mol. The fraction of sp³-hybridized carbons (Fsp3) is 0.786. The van der Waals surface area contributed by atoms with Gasteiger partial charge in [-0.15, -0.1) is 0 Å². The van der Waals surface area contributed by atoms with Crippen molar-refractivity contribution < 1.29 is 19.1 Å². The van der Waals surface area contributed by atoms with Crippen LogP contribution in [-0.2, 0) is 19.1 Å². The highest BCUT2D eigenvalue weighted by Crippen LogP contribution is 2.21. The lowest BCUT2D eigenvalue weighted by molar-refractivity contribution is -0.163. The molecule has 6 heteroatoms. The summed E-state index contributed by atoms with van der Waals surface area (Å²) in [5.74, 6) is -0.884. The zero-order chi connectivity index (χ0) is 15.5. The standard InChI is InChI=1S/C14H24N2O4/c1-9(15-10(2)17)12(18)16-8-6-7-11(16)13(19)20-14(3,4)5/h9,11H,6-8H2,1-5H3,(H,15,17)/t9?,11-/m1/s1. The van der Waals surface area contributed by atoms with Crippen LogP contribution in [0.15, 0.2) is 0 Å². The van der Waals surface area contributed by atoms with Gasteiger partial charge in [0.05, 0.1) is 0 Å². The number of amides is 2. The van der Waals surface area contributed by atoms with E-state index in [-0.39, 0.29) is 17.8 Å². The van der Waals surface area contributed by atoms with Crippen molar-refractivity contribution in [3.8, 4) is 0 Å². The highest BCUT2D eigenvalue weighted by atomic mass is 16.6. The van der Waals surface area contributed by atoms with Crippen LogP contribution < -0.4 is 5.32 Å². The minimum atomic E-state index is -0.629. The lowest BCUT2D eigenvalue weighted by Crippen LogP contribution is -2.51. The Balaban J connectivity index is 2.71. The van der Waals surface area contributed by atoms with Gasteiger partial charge in [-0.25, -0.2) is 4.79 Å². The number of hydrogen-bond donors (Lipinski definition) is 1. The molecular formula is C14H24N2O4. The van der Waals surface area contributed by atoms with Crippen LogP contribution in [0.5, 0.6) is 0 Å². The molecule has 2 atom stereocenters. The summed E-state index contributed by atoms with van der Waals surface area (Å²) in [6, 6.07) is -1.17. The van der Waals surface area contributed by atoms with E-state index in [0.29, 0.717) is 13.0 Å². The number of carbonyl (C=O) groups excluding carboxylic acids is 3. The van der Waals surface area contributed by atoms with E-state index in [4.69, 9.17) is 4.74 Å². The minimum absolute atomic E-state index is 0.242. The molecule has 1 rings (SSSR count). The maximum atomic E-state index is 12.3. The molecule has 1 fully saturated rings. The largest absolute Gasteiger partial charge is 0.458 e. The van der Waals surface area contributed by atoms with Crippen molar-refractivity contribution in [2.75, 3.05) is 6.54 Å². The maximum absolute atomic E-state index is 12.3. The van der Waals surface area contributed by atoms with E-state index in [1.807, 2.05) is 0 Å². The van der Waals surface area contributed by atoms with Gasteiger partial charge in [0.25, 0.3) is 0 Å². The third-order valence-electron chi connectivity index (χ3n) is 3.00. The van der Waals surface area contributed by atoms with E-state index >= 15 is 0 Å². The van der Waals surface area contributed by atoms with Crippen LogP contribution >= 0.6 is 0 Å². The van der Waals surface area contributed by atoms with Crippen molar-refractivity contribution in [2.24, 2.45) is 0 Å². The van der Waals surface area contributed by atoms with Gasteiger partial charge in [-0.05, 0) is 40.5 Å². The van der Waals surface area contributed by atoms with Crippen LogP contribution in [-0.4, -0.2) is 46.9 Å². The first-order valence-electron chi connectivity index (χ1n) is 6.92. The third kappa shape index (κ3) is 4.51. The highest BCUT2D eigenvalue weighted by Gasteiger charge is 2.38. The van der Waals surface area contributed by atoms with E-state index in [9.17, 15) is 14.4 Å². The number of hydrogen-bond acceptors (Lipinski definition) is 4. The Morgan fingerprint density at radius 1 is 1.30 bits per heavy atom. The van der Waals surface area contributed by atoms with Crippen LogP contribution in [0.25, 0.3) is 0 Å². The molecule has 1 unspecified atom stereocenters. The summed E-state index contributed by atoms with van der Waals surface area (Å²) in [5, 5.41) is 2.54. The Bertz CT molecular complexity index is 400. The lowest BCUT2D eigenvalue weighted by atomic mass is 10.1. The number of rotatable bonds is 3. The number of likely N-dealkylation sites (tertiary alicyclic amines) is 1. The van der Waals surface area contributed by atoms with Gasteiger partial charge >= 0.3 is 5.97 Å². The van der Waals surface area contributed by atoms with E-state index < -0.39 is 17.7 Å². The summed E-state index contributed by atoms with van der Waals surface area (Å²) in [7, 11) is 0. The molecule has 1 heterocycles. The molecule has 1 saturated heterocycles. The molecule has 6 nitrogen and oxygen atoms in total. The molecule has 0 aromatic heterocycles. The number of ether oxygens (including phenoxy) is 1. The van der Waals surface area contributed by atoms with E-state index in [1.165, 1.54) is 11.8 Å². The normalized spacial score (nSPS) is 20.4. The van der Waals surface area contributed by atoms with Gasteiger partial charge in [0.2, 0.25) is 11.8 Å². The molecule has 2 amide bonds. The molecule has 0 radical (unpaired) electrons. The lowest BCUT2D eigenvalue weighted by Gasteiger charge is -2.29. The zero-order valence-corrected chi connectivity index (χ0v) is 12.9. The molecule has 0 aromatic rings. The molecule has 1 aliphatic rings. The topological polar surface area (TPSA) is 75.7 Å². The molecule has 1 N–H and O–H groups in total. The Kier molecular flexibility index (Phi) is 5.14. The summed E-state index contributed by atoms with van der Waals surface area (Å²) >= 11 is 0. The van der Waals surface area contributed by atoms with Gasteiger partial charge in [-0.1, -0.05) is 0 Å². The number of nitrogens with zero attached hydrogens (tertiary/aromatic N) is 1. The maximum Gasteiger partial charge on any atom is 0.329 e. The Morgan fingerprint density at radius 3 is 2.40 bits per heavy atom. The molecule has 0 spiro atoms. The van der Waals surface area contributed by atoms with Crippen LogP contribution in [0, 0.1) is 0 Å². The SMILES string of the molecule is CC(=O)NC(C)C(=O)N1CCC[C@@H]1C(=O)OC(C)(C)C. The van der Waals surface area contributed by atoms with Crippen molar-refractivity contribution in [2.45, 2.75) is 65.1 Å². The number of esters is 1. The fourth-order valence-electron chi connectivity index (χ4n) is 2.26. The smallest absolute Gasteiger partial charge is 0.329 e. The predicted octanol–water partition coefficient (Wildman–Crippen LogP) is 0.844. The van der Waals surface area contributed by atoms with Gasteiger partial charge < -0.3 is 15.0 Å². The van der Waals surface area contributed by atoms with Crippen LogP contribution in [0.3, 0.4) is 0 Å². The highest BCUT2D eigenvalue weighted by molar-refractivity contribution is 5.90. The summed E-state index contributed by atoms with van der Waals surface area (Å²) in [4.78, 5) is 36.9. The van der Waals surface area contributed by atoms with Gasteiger partial charge in [-0.3, -0.25) is 9.59 Å². The second-order valence-corrected chi connectivity index (χ2v) is 6.15. The third-order valence-corrected chi connectivity index (χ3v) is 3.00. The minimum Gasteiger partial charge on any atom is -0.458 e. The van der Waals surface area contributed by atoms with Crippen molar-refractivity contribution in [1.82, 2.24) is 10.2 Å². The molecule has 0 aliphatic carbocycles. The summed E-state index contributed by atoms with van der Waals surface area (Å²) in [6.45, 7) is 8.89. The average Bonchev–Trinajstić information content (AvgIpc) is 2.73. The molecule has 0 saturated carbocycles. The first-order chi connectivity index (χ1) is 9.11. The first kappa shape index (κ1) is 16.5. The van der Waals surface area contributed by atoms with Crippen molar-refractivity contribution in [3.05, 3.63) is 0 Å². The summed E-state index contributed by atoms with van der Waals surface area (Å²) < 4.78 is 5.34. The quantitative estimate of drug-likeness (QED) is 0.779.